The van der Waals surface area contributed by atoms with Crippen molar-refractivity contribution < 1.29 is 19.1 Å². The van der Waals surface area contributed by atoms with Gasteiger partial charge in [-0.05, 0) is 55.7 Å². The average molecular weight is 461 g/mol. The number of aryl methyl sites for hydroxylation is 3. The Morgan fingerprint density at radius 2 is 1.68 bits per heavy atom. The van der Waals surface area contributed by atoms with Gasteiger partial charge in [-0.15, -0.1) is 0 Å². The second-order valence-corrected chi connectivity index (χ2v) is 8.47. The third-order valence-corrected chi connectivity index (χ3v) is 5.78. The molecule has 2 aromatic carbocycles. The van der Waals surface area contributed by atoms with Crippen molar-refractivity contribution in [1.82, 2.24) is 9.88 Å². The van der Waals surface area contributed by atoms with Gasteiger partial charge in [-0.1, -0.05) is 35.9 Å². The SMILES string of the molecule is Cc1ccc(CN(C(=O)c2c(C)cc(C)nc2N)C(C(N)=O)c2ccc3c(c2)OCCO3)cc1. The highest BCUT2D eigenvalue weighted by molar-refractivity contribution is 6.02. The number of nitrogen functional groups attached to an aromatic ring is 1. The second-order valence-electron chi connectivity index (χ2n) is 8.47. The number of benzene rings is 2. The van der Waals surface area contributed by atoms with E-state index in [-0.39, 0.29) is 17.9 Å². The van der Waals surface area contributed by atoms with Crippen LogP contribution in [0.15, 0.2) is 48.5 Å². The van der Waals surface area contributed by atoms with Crippen LogP contribution in [0.2, 0.25) is 0 Å². The lowest BCUT2D eigenvalue weighted by atomic mass is 10.00. The van der Waals surface area contributed by atoms with E-state index in [1.807, 2.05) is 38.1 Å². The van der Waals surface area contributed by atoms with E-state index in [2.05, 4.69) is 4.98 Å². The van der Waals surface area contributed by atoms with E-state index in [1.54, 1.807) is 31.2 Å². The molecular weight excluding hydrogens is 432 g/mol. The minimum Gasteiger partial charge on any atom is -0.486 e. The third-order valence-electron chi connectivity index (χ3n) is 5.78. The minimum absolute atomic E-state index is 0.113. The van der Waals surface area contributed by atoms with Crippen molar-refractivity contribution in [2.45, 2.75) is 33.4 Å². The van der Waals surface area contributed by atoms with Crippen molar-refractivity contribution >= 4 is 17.6 Å². The molecule has 0 aliphatic carbocycles. The van der Waals surface area contributed by atoms with Crippen LogP contribution in [-0.4, -0.2) is 34.9 Å². The summed E-state index contributed by atoms with van der Waals surface area (Å²) in [6.45, 7) is 6.58. The molecule has 34 heavy (non-hydrogen) atoms. The number of anilines is 1. The number of carbonyl (C=O) groups is 2. The van der Waals surface area contributed by atoms with Crippen LogP contribution in [0.3, 0.4) is 0 Å². The van der Waals surface area contributed by atoms with E-state index >= 15 is 0 Å². The molecule has 1 atom stereocenters. The molecule has 1 unspecified atom stereocenters. The molecule has 0 saturated carbocycles. The van der Waals surface area contributed by atoms with Gasteiger partial charge in [-0.3, -0.25) is 9.59 Å². The molecule has 1 aliphatic heterocycles. The summed E-state index contributed by atoms with van der Waals surface area (Å²) in [4.78, 5) is 32.4. The minimum atomic E-state index is -1.07. The number of primary amides is 1. The second kappa shape index (κ2) is 9.43. The van der Waals surface area contributed by atoms with E-state index in [9.17, 15) is 9.59 Å². The molecule has 0 fully saturated rings. The molecule has 176 valence electrons. The number of ether oxygens (including phenoxy) is 2. The summed E-state index contributed by atoms with van der Waals surface area (Å²) in [5.74, 6) is 0.0971. The maximum Gasteiger partial charge on any atom is 0.259 e. The summed E-state index contributed by atoms with van der Waals surface area (Å²) in [5, 5.41) is 0. The van der Waals surface area contributed by atoms with E-state index in [4.69, 9.17) is 20.9 Å². The fourth-order valence-corrected chi connectivity index (χ4v) is 4.19. The largest absolute Gasteiger partial charge is 0.486 e. The summed E-state index contributed by atoms with van der Waals surface area (Å²) in [5.41, 5.74) is 16.1. The first-order chi connectivity index (χ1) is 16.2. The van der Waals surface area contributed by atoms with Crippen LogP contribution in [0.1, 0.15) is 44.3 Å². The topological polar surface area (TPSA) is 121 Å². The van der Waals surface area contributed by atoms with Gasteiger partial charge >= 0.3 is 0 Å². The molecule has 0 bridgehead atoms. The van der Waals surface area contributed by atoms with Crippen LogP contribution >= 0.6 is 0 Å². The summed E-state index contributed by atoms with van der Waals surface area (Å²) in [6, 6.07) is 13.6. The van der Waals surface area contributed by atoms with Gasteiger partial charge in [0.15, 0.2) is 11.5 Å². The molecule has 8 heteroatoms. The highest BCUT2D eigenvalue weighted by Gasteiger charge is 2.33. The molecular formula is C26H28N4O4. The van der Waals surface area contributed by atoms with Crippen LogP contribution in [0.5, 0.6) is 11.5 Å². The zero-order chi connectivity index (χ0) is 24.4. The molecule has 2 amide bonds. The molecule has 8 nitrogen and oxygen atoms in total. The van der Waals surface area contributed by atoms with E-state index in [0.29, 0.717) is 41.5 Å². The summed E-state index contributed by atoms with van der Waals surface area (Å²) < 4.78 is 11.3. The van der Waals surface area contributed by atoms with E-state index < -0.39 is 17.9 Å². The lowest BCUT2D eigenvalue weighted by Gasteiger charge is -2.32. The molecule has 0 saturated heterocycles. The van der Waals surface area contributed by atoms with Crippen LogP contribution in [-0.2, 0) is 11.3 Å². The predicted molar refractivity (Wildman–Crippen MR) is 129 cm³/mol. The number of nitrogens with zero attached hydrogens (tertiary/aromatic N) is 2. The van der Waals surface area contributed by atoms with Gasteiger partial charge in [-0.2, -0.15) is 0 Å². The molecule has 1 aromatic heterocycles. The summed E-state index contributed by atoms with van der Waals surface area (Å²) in [6.07, 6.45) is 0. The Morgan fingerprint density at radius 3 is 2.32 bits per heavy atom. The first kappa shape index (κ1) is 23.1. The van der Waals surface area contributed by atoms with Crippen molar-refractivity contribution in [2.24, 2.45) is 5.73 Å². The molecule has 1 aliphatic rings. The van der Waals surface area contributed by atoms with E-state index in [0.717, 1.165) is 11.1 Å². The number of carbonyl (C=O) groups excluding carboxylic acids is 2. The normalized spacial score (nSPS) is 13.3. The number of aromatic nitrogens is 1. The lowest BCUT2D eigenvalue weighted by molar-refractivity contribution is -0.122. The zero-order valence-electron chi connectivity index (χ0n) is 19.5. The zero-order valence-corrected chi connectivity index (χ0v) is 19.5. The molecule has 3 aromatic rings. The average Bonchev–Trinajstić information content (AvgIpc) is 2.79. The molecule has 0 radical (unpaired) electrons. The van der Waals surface area contributed by atoms with Crippen molar-refractivity contribution in [3.63, 3.8) is 0 Å². The maximum atomic E-state index is 13.9. The van der Waals surface area contributed by atoms with E-state index in [1.165, 1.54) is 4.90 Å². The van der Waals surface area contributed by atoms with Crippen molar-refractivity contribution in [3.8, 4) is 11.5 Å². The van der Waals surface area contributed by atoms with Crippen molar-refractivity contribution in [1.29, 1.82) is 0 Å². The van der Waals surface area contributed by atoms with Gasteiger partial charge in [0.1, 0.15) is 25.1 Å². The number of fused-ring (bicyclic) bond motifs is 1. The number of hydrogen-bond donors (Lipinski definition) is 2. The molecule has 2 heterocycles. The van der Waals surface area contributed by atoms with Gasteiger partial charge < -0.3 is 25.8 Å². The Kier molecular flexibility index (Phi) is 6.40. The van der Waals surface area contributed by atoms with Crippen molar-refractivity contribution in [3.05, 3.63) is 82.0 Å². The van der Waals surface area contributed by atoms with Gasteiger partial charge in [0.25, 0.3) is 5.91 Å². The van der Waals surface area contributed by atoms with Crippen LogP contribution < -0.4 is 20.9 Å². The Bertz CT molecular complexity index is 1220. The van der Waals surface area contributed by atoms with Crippen LogP contribution in [0.4, 0.5) is 5.82 Å². The summed E-state index contributed by atoms with van der Waals surface area (Å²) >= 11 is 0. The number of nitrogens with two attached hydrogens (primary N) is 2. The Balaban J connectivity index is 1.82. The summed E-state index contributed by atoms with van der Waals surface area (Å²) in [7, 11) is 0. The Hall–Kier alpha value is -4.07. The van der Waals surface area contributed by atoms with Gasteiger partial charge in [0.2, 0.25) is 5.91 Å². The lowest BCUT2D eigenvalue weighted by Crippen LogP contribution is -2.42. The quantitative estimate of drug-likeness (QED) is 0.583. The number of rotatable bonds is 6. The Morgan fingerprint density at radius 1 is 1.00 bits per heavy atom. The standard InChI is InChI=1S/C26H28N4O4/c1-15-4-6-18(7-5-15)14-30(26(32)22-16(2)12-17(3)29-24(22)27)23(25(28)31)19-8-9-20-21(13-19)34-11-10-33-20/h4-9,12-13,23H,10-11,14H2,1-3H3,(H2,27,29)(H2,28,31). The molecule has 4 N–H and O–H groups in total. The van der Waals surface area contributed by atoms with Gasteiger partial charge in [-0.25, -0.2) is 4.98 Å². The number of hydrogen-bond acceptors (Lipinski definition) is 6. The van der Waals surface area contributed by atoms with Gasteiger partial charge in [0.05, 0.1) is 5.56 Å². The van der Waals surface area contributed by atoms with Crippen LogP contribution in [0, 0.1) is 20.8 Å². The number of amides is 2. The third kappa shape index (κ3) is 4.66. The van der Waals surface area contributed by atoms with Crippen LogP contribution in [0.25, 0.3) is 0 Å². The van der Waals surface area contributed by atoms with Crippen molar-refractivity contribution in [2.75, 3.05) is 18.9 Å². The molecule has 4 rings (SSSR count). The first-order valence-corrected chi connectivity index (χ1v) is 11.0. The fraction of sp³-hybridized carbons (Fsp3) is 0.269. The first-order valence-electron chi connectivity index (χ1n) is 11.0. The van der Waals surface area contributed by atoms with Gasteiger partial charge in [0, 0.05) is 12.2 Å². The number of pyridine rings is 1. The monoisotopic (exact) mass is 460 g/mol. The maximum absolute atomic E-state index is 13.9. The highest BCUT2D eigenvalue weighted by atomic mass is 16.6. The molecule has 0 spiro atoms. The fourth-order valence-electron chi connectivity index (χ4n) is 4.19. The predicted octanol–water partition coefficient (Wildman–Crippen LogP) is 3.23. The Labute approximate surface area is 198 Å². The highest BCUT2D eigenvalue weighted by Crippen LogP contribution is 2.35. The smallest absolute Gasteiger partial charge is 0.259 e.